The van der Waals surface area contributed by atoms with Crippen LogP contribution in [-0.4, -0.2) is 120 Å². The number of aliphatic carboxylic acids is 1. The molecule has 0 aromatic heterocycles. The highest BCUT2D eigenvalue weighted by atomic mass is 32.1. The van der Waals surface area contributed by atoms with E-state index in [4.69, 9.17) is 35.4 Å². The number of nitrogens with one attached hydrogen (secondary N) is 1. The summed E-state index contributed by atoms with van der Waals surface area (Å²) >= 11 is 4.14. The summed E-state index contributed by atoms with van der Waals surface area (Å²) in [6.07, 6.45) is -11.2. The summed E-state index contributed by atoms with van der Waals surface area (Å²) in [7, 11) is 0. The zero-order valence-corrected chi connectivity index (χ0v) is 15.3. The van der Waals surface area contributed by atoms with Gasteiger partial charge < -0.3 is 55.7 Å². The van der Waals surface area contributed by atoms with Crippen molar-refractivity contribution < 1.29 is 55.2 Å². The van der Waals surface area contributed by atoms with E-state index in [0.717, 1.165) is 0 Å². The molecule has 9 atom stereocenters. The first kappa shape index (κ1) is 26.1. The lowest BCUT2D eigenvalue weighted by molar-refractivity contribution is -0.170. The Bertz CT molecular complexity index is 457. The summed E-state index contributed by atoms with van der Waals surface area (Å²) in [5.74, 6) is -1.76. The first-order valence-corrected chi connectivity index (χ1v) is 8.49. The van der Waals surface area contributed by atoms with Crippen LogP contribution in [0.1, 0.15) is 6.92 Å². The predicted molar refractivity (Wildman–Crippen MR) is 91.9 cm³/mol. The second kappa shape index (κ2) is 12.6. The molecule has 27 heavy (non-hydrogen) atoms. The third kappa shape index (κ3) is 7.57. The Labute approximate surface area is 160 Å². The van der Waals surface area contributed by atoms with Crippen LogP contribution in [0.15, 0.2) is 0 Å². The molecule has 0 aromatic rings. The summed E-state index contributed by atoms with van der Waals surface area (Å²) in [4.78, 5) is 20.0. The number of aliphatic hydroxyl groups is 7. The van der Waals surface area contributed by atoms with Gasteiger partial charge in [0.25, 0.3) is 0 Å². The fourth-order valence-electron chi connectivity index (χ4n) is 2.17. The van der Waals surface area contributed by atoms with Gasteiger partial charge in [-0.25, -0.2) is 4.79 Å². The van der Waals surface area contributed by atoms with E-state index >= 15 is 0 Å². The fraction of sp³-hybridized carbons (Fsp3) is 0.857. The smallest absolute Gasteiger partial charge is 0.335 e. The van der Waals surface area contributed by atoms with Crippen molar-refractivity contribution in [3.63, 3.8) is 0 Å². The van der Waals surface area contributed by atoms with E-state index in [9.17, 15) is 19.8 Å². The van der Waals surface area contributed by atoms with Crippen LogP contribution in [0.25, 0.3) is 0 Å². The van der Waals surface area contributed by atoms with Gasteiger partial charge in [-0.05, 0) is 6.54 Å². The summed E-state index contributed by atoms with van der Waals surface area (Å²) < 4.78 is 5.22. The second-order valence-electron chi connectivity index (χ2n) is 5.70. The van der Waals surface area contributed by atoms with Crippen LogP contribution in [0, 0.1) is 0 Å². The van der Waals surface area contributed by atoms with Gasteiger partial charge in [0.2, 0.25) is 0 Å². The average Bonchev–Trinajstić information content (AvgIpc) is 2.65. The molecule has 1 rings (SSSR count). The highest BCUT2D eigenvalue weighted by Gasteiger charge is 2.42. The lowest BCUT2D eigenvalue weighted by Gasteiger charge is -2.40. The molecule has 0 saturated carbocycles. The Morgan fingerprint density at radius 2 is 1.74 bits per heavy atom. The monoisotopic (exact) mass is 417 g/mol. The number of rotatable bonds is 8. The van der Waals surface area contributed by atoms with Crippen LogP contribution in [-0.2, 0) is 14.3 Å². The lowest BCUT2D eigenvalue weighted by Crippen LogP contribution is -2.61. The molecule has 0 aliphatic carbocycles. The molecule has 0 aromatic carbocycles. The Morgan fingerprint density at radius 3 is 2.15 bits per heavy atom. The number of carboxylic acids is 1. The van der Waals surface area contributed by atoms with Crippen molar-refractivity contribution in [3.05, 3.63) is 0 Å². The van der Waals surface area contributed by atoms with Gasteiger partial charge in [-0.1, -0.05) is 6.92 Å². The number of aliphatic hydroxyl groups excluding tert-OH is 7. The Hall–Kier alpha value is -0.870. The first-order chi connectivity index (χ1) is 12.5. The summed E-state index contributed by atoms with van der Waals surface area (Å²) in [6, 6.07) is -0.416. The van der Waals surface area contributed by atoms with Gasteiger partial charge in [-0.3, -0.25) is 0 Å². The number of likely N-dealkylation sites (N-methyl/N-ethyl adjacent to an activating group) is 1. The number of aldehydes is 1. The molecule has 1 heterocycles. The molecule has 0 spiro atoms. The zero-order chi connectivity index (χ0) is 21.3. The number of ether oxygens (including phenoxy) is 1. The Morgan fingerprint density at radius 1 is 1.19 bits per heavy atom. The summed E-state index contributed by atoms with van der Waals surface area (Å²) in [5, 5.41) is 74.3. The molecule has 1 aliphatic heterocycles. The maximum Gasteiger partial charge on any atom is 0.335 e. The number of thiol groups is 1. The molecule has 0 radical (unpaired) electrons. The van der Waals surface area contributed by atoms with Crippen LogP contribution < -0.4 is 5.32 Å². The van der Waals surface area contributed by atoms with Crippen LogP contribution in [0.4, 0.5) is 0 Å². The normalized spacial score (nSPS) is 32.4. The molecule has 9 N–H and O–H groups in total. The minimum atomic E-state index is -2.25. The van der Waals surface area contributed by atoms with E-state index in [-0.39, 0.29) is 12.9 Å². The van der Waals surface area contributed by atoms with E-state index in [1.165, 1.54) is 0 Å². The first-order valence-electron chi connectivity index (χ1n) is 7.97. The molecular weight excluding hydrogens is 390 g/mol. The topological polar surface area (TPSA) is 217 Å². The van der Waals surface area contributed by atoms with E-state index in [1.807, 2.05) is 6.92 Å². The van der Waals surface area contributed by atoms with Gasteiger partial charge in [-0.15, -0.1) is 12.6 Å². The second-order valence-corrected chi connectivity index (χ2v) is 6.21. The lowest BCUT2D eigenvalue weighted by atomic mass is 9.98. The highest BCUT2D eigenvalue weighted by molar-refractivity contribution is 7.80. The third-order valence-corrected chi connectivity index (χ3v) is 4.20. The summed E-state index contributed by atoms with van der Waals surface area (Å²) in [5.41, 5.74) is -0.523. The minimum absolute atomic E-state index is 0.0809. The number of carbonyl (C=O) groups excluding carboxylic acids is 1. The van der Waals surface area contributed by atoms with E-state index in [0.29, 0.717) is 6.54 Å². The molecule has 160 valence electrons. The van der Waals surface area contributed by atoms with Crippen molar-refractivity contribution >= 4 is 24.9 Å². The maximum atomic E-state index is 10.1. The van der Waals surface area contributed by atoms with Gasteiger partial charge in [0, 0.05) is 0 Å². The quantitative estimate of drug-likeness (QED) is 0.133. The van der Waals surface area contributed by atoms with Gasteiger partial charge >= 0.3 is 5.97 Å². The largest absolute Gasteiger partial charge is 0.479 e. The van der Waals surface area contributed by atoms with Crippen LogP contribution in [0.5, 0.6) is 0 Å². The standard InChI is InChI=1S/C8H17NO4S.C6H10O7/c1-2-9-5-7(12)6(11)4(3-10)13-8(5)14;7-1-2(8)3(9)4(10)5(11)6(12)13/h4-12,14H,2-3H2,1H3;1-5,8-11H,(H,12,13)/t4-,5-,6-,7-,8?;/m1./s1. The van der Waals surface area contributed by atoms with Crippen LogP contribution >= 0.6 is 12.6 Å². The average molecular weight is 417 g/mol. The third-order valence-electron chi connectivity index (χ3n) is 3.76. The zero-order valence-electron chi connectivity index (χ0n) is 14.4. The molecular formula is C14H27NO11S. The number of hydrogen-bond acceptors (Lipinski definition) is 12. The van der Waals surface area contributed by atoms with Gasteiger partial charge in [-0.2, -0.15) is 0 Å². The van der Waals surface area contributed by atoms with Crippen molar-refractivity contribution in [2.24, 2.45) is 0 Å². The van der Waals surface area contributed by atoms with E-state index < -0.39 is 60.2 Å². The molecule has 5 unspecified atom stereocenters. The van der Waals surface area contributed by atoms with E-state index in [1.54, 1.807) is 0 Å². The van der Waals surface area contributed by atoms with Gasteiger partial charge in [0.1, 0.15) is 42.1 Å². The van der Waals surface area contributed by atoms with Crippen molar-refractivity contribution in [1.82, 2.24) is 5.32 Å². The number of hydrogen-bond donors (Lipinski definition) is 10. The van der Waals surface area contributed by atoms with Crippen molar-refractivity contribution in [1.29, 1.82) is 0 Å². The van der Waals surface area contributed by atoms with Crippen LogP contribution in [0.3, 0.4) is 0 Å². The summed E-state index contributed by atoms with van der Waals surface area (Å²) in [6.45, 7) is 2.21. The highest BCUT2D eigenvalue weighted by Crippen LogP contribution is 2.22. The Kier molecular flexibility index (Phi) is 12.2. The molecule has 12 nitrogen and oxygen atoms in total. The molecule has 1 fully saturated rings. The van der Waals surface area contributed by atoms with Crippen molar-refractivity contribution in [2.45, 2.75) is 61.1 Å². The molecule has 0 amide bonds. The van der Waals surface area contributed by atoms with Crippen LogP contribution in [0.2, 0.25) is 0 Å². The molecule has 1 aliphatic rings. The van der Waals surface area contributed by atoms with E-state index in [2.05, 4.69) is 17.9 Å². The Balaban J connectivity index is 0.000000503. The van der Waals surface area contributed by atoms with Crippen molar-refractivity contribution in [2.75, 3.05) is 13.2 Å². The number of carbonyl (C=O) groups is 2. The number of carboxylic acid groups (broad SMARTS) is 1. The molecule has 1 saturated heterocycles. The molecule has 13 heteroatoms. The predicted octanol–water partition coefficient (Wildman–Crippen LogP) is -4.95. The van der Waals surface area contributed by atoms with Gasteiger partial charge in [0.05, 0.1) is 12.6 Å². The SMILES string of the molecule is CCN[C@H]1C(S)O[C@H](CO)[C@@H](O)[C@@H]1O.O=CC(O)C(O)C(O)C(O)C(=O)O. The minimum Gasteiger partial charge on any atom is -0.479 e. The fourth-order valence-corrected chi connectivity index (χ4v) is 2.61. The van der Waals surface area contributed by atoms with Crippen molar-refractivity contribution in [3.8, 4) is 0 Å². The molecule has 0 bridgehead atoms. The van der Waals surface area contributed by atoms with Gasteiger partial charge in [0.15, 0.2) is 12.4 Å². The maximum absolute atomic E-state index is 10.1.